The van der Waals surface area contributed by atoms with Crippen molar-refractivity contribution in [1.29, 1.82) is 0 Å². The van der Waals surface area contributed by atoms with Gasteiger partial charge < -0.3 is 0 Å². The van der Waals surface area contributed by atoms with Crippen molar-refractivity contribution >= 4 is 23.2 Å². The van der Waals surface area contributed by atoms with Crippen molar-refractivity contribution in [3.8, 4) is 0 Å². The van der Waals surface area contributed by atoms with Crippen LogP contribution in [0.1, 0.15) is 30.3 Å². The molecule has 2 aromatic rings. The molecule has 0 unspecified atom stereocenters. The van der Waals surface area contributed by atoms with Crippen molar-refractivity contribution in [2.45, 2.75) is 26.2 Å². The standard InChI is InChI=1S/C14H13Cl2FN2/c1-2-4-11-13(15)18-12(19-14(11)16)8-9-5-3-6-10(17)7-9/h3,5-7H,2,4,8H2,1H3. The molecule has 0 aliphatic carbocycles. The van der Waals surface area contributed by atoms with Gasteiger partial charge in [0.2, 0.25) is 0 Å². The molecule has 0 aliphatic heterocycles. The summed E-state index contributed by atoms with van der Waals surface area (Å²) in [4.78, 5) is 8.45. The van der Waals surface area contributed by atoms with Crippen LogP contribution in [0, 0.1) is 5.82 Å². The smallest absolute Gasteiger partial charge is 0.137 e. The molecule has 0 fully saturated rings. The lowest BCUT2D eigenvalue weighted by atomic mass is 10.1. The molecule has 0 bridgehead atoms. The highest BCUT2D eigenvalue weighted by atomic mass is 35.5. The lowest BCUT2D eigenvalue weighted by Gasteiger charge is -2.07. The first-order valence-corrected chi connectivity index (χ1v) is 6.81. The minimum atomic E-state index is -0.280. The van der Waals surface area contributed by atoms with Crippen LogP contribution >= 0.6 is 23.2 Å². The van der Waals surface area contributed by atoms with E-state index in [1.807, 2.05) is 13.0 Å². The second-order valence-corrected chi connectivity index (χ2v) is 4.97. The first kappa shape index (κ1) is 14.2. The van der Waals surface area contributed by atoms with Gasteiger partial charge in [-0.05, 0) is 24.1 Å². The zero-order chi connectivity index (χ0) is 13.8. The first-order chi connectivity index (χ1) is 9.10. The van der Waals surface area contributed by atoms with E-state index < -0.39 is 0 Å². The van der Waals surface area contributed by atoms with Crippen LogP contribution in [0.4, 0.5) is 4.39 Å². The van der Waals surface area contributed by atoms with Crippen LogP contribution in [0.25, 0.3) is 0 Å². The van der Waals surface area contributed by atoms with E-state index in [0.29, 0.717) is 22.6 Å². The van der Waals surface area contributed by atoms with Crippen LogP contribution in [0.2, 0.25) is 10.3 Å². The molecule has 100 valence electrons. The molecule has 0 atom stereocenters. The van der Waals surface area contributed by atoms with Gasteiger partial charge >= 0.3 is 0 Å². The molecule has 0 amide bonds. The maximum Gasteiger partial charge on any atom is 0.137 e. The molecular weight excluding hydrogens is 286 g/mol. The summed E-state index contributed by atoms with van der Waals surface area (Å²) < 4.78 is 13.1. The molecule has 0 N–H and O–H groups in total. The van der Waals surface area contributed by atoms with Gasteiger partial charge in [-0.15, -0.1) is 0 Å². The number of halogens is 3. The van der Waals surface area contributed by atoms with Crippen molar-refractivity contribution in [2.75, 3.05) is 0 Å². The molecule has 0 saturated heterocycles. The van der Waals surface area contributed by atoms with Crippen molar-refractivity contribution in [3.63, 3.8) is 0 Å². The normalized spacial score (nSPS) is 10.7. The highest BCUT2D eigenvalue weighted by Crippen LogP contribution is 2.23. The summed E-state index contributed by atoms with van der Waals surface area (Å²) in [6, 6.07) is 6.31. The Morgan fingerprint density at radius 3 is 2.42 bits per heavy atom. The molecular formula is C14H13Cl2FN2. The molecule has 2 nitrogen and oxygen atoms in total. The van der Waals surface area contributed by atoms with Crippen LogP contribution in [-0.2, 0) is 12.8 Å². The van der Waals surface area contributed by atoms with Crippen LogP contribution < -0.4 is 0 Å². The van der Waals surface area contributed by atoms with E-state index in [1.54, 1.807) is 6.07 Å². The van der Waals surface area contributed by atoms with Gasteiger partial charge in [0.05, 0.1) is 0 Å². The fourth-order valence-electron chi connectivity index (χ4n) is 1.84. The van der Waals surface area contributed by atoms with Crippen LogP contribution in [0.3, 0.4) is 0 Å². The minimum absolute atomic E-state index is 0.280. The van der Waals surface area contributed by atoms with Crippen LogP contribution in [0.5, 0.6) is 0 Å². The molecule has 1 heterocycles. The fourth-order valence-corrected chi connectivity index (χ4v) is 2.45. The molecule has 2 rings (SSSR count). The Kier molecular flexibility index (Phi) is 4.72. The highest BCUT2D eigenvalue weighted by molar-refractivity contribution is 6.34. The average molecular weight is 299 g/mol. The number of nitrogens with zero attached hydrogens (tertiary/aromatic N) is 2. The van der Waals surface area contributed by atoms with Gasteiger partial charge in [0, 0.05) is 12.0 Å². The van der Waals surface area contributed by atoms with E-state index in [1.165, 1.54) is 12.1 Å². The number of rotatable bonds is 4. The first-order valence-electron chi connectivity index (χ1n) is 6.05. The van der Waals surface area contributed by atoms with Crippen LogP contribution in [-0.4, -0.2) is 9.97 Å². The number of hydrogen-bond donors (Lipinski definition) is 0. The summed E-state index contributed by atoms with van der Waals surface area (Å²) in [6.45, 7) is 2.04. The lowest BCUT2D eigenvalue weighted by Crippen LogP contribution is -2.02. The van der Waals surface area contributed by atoms with Gasteiger partial charge in [0.1, 0.15) is 21.9 Å². The number of aromatic nitrogens is 2. The Hall–Kier alpha value is -1.19. The Balaban J connectivity index is 2.27. The minimum Gasteiger partial charge on any atom is -0.220 e. The summed E-state index contributed by atoms with van der Waals surface area (Å²) in [5, 5.41) is 0.765. The predicted molar refractivity (Wildman–Crippen MR) is 75.3 cm³/mol. The van der Waals surface area contributed by atoms with Gasteiger partial charge in [-0.1, -0.05) is 48.7 Å². The Morgan fingerprint density at radius 2 is 1.84 bits per heavy atom. The zero-order valence-corrected chi connectivity index (χ0v) is 12.0. The van der Waals surface area contributed by atoms with Crippen molar-refractivity contribution in [3.05, 3.63) is 57.3 Å². The van der Waals surface area contributed by atoms with E-state index in [9.17, 15) is 4.39 Å². The number of hydrogen-bond acceptors (Lipinski definition) is 2. The summed E-state index contributed by atoms with van der Waals surface area (Å²) >= 11 is 12.2. The van der Waals surface area contributed by atoms with Gasteiger partial charge in [-0.3, -0.25) is 0 Å². The topological polar surface area (TPSA) is 25.8 Å². The second kappa shape index (κ2) is 6.31. The Morgan fingerprint density at radius 1 is 1.16 bits per heavy atom. The predicted octanol–water partition coefficient (Wildman–Crippen LogP) is 4.47. The van der Waals surface area contributed by atoms with E-state index >= 15 is 0 Å². The maximum atomic E-state index is 13.1. The third-order valence-electron chi connectivity index (χ3n) is 2.70. The van der Waals surface area contributed by atoms with Gasteiger partial charge in [-0.25, -0.2) is 14.4 Å². The summed E-state index contributed by atoms with van der Waals surface area (Å²) in [5.74, 6) is 0.220. The Bertz CT molecular complexity index is 564. The zero-order valence-electron chi connectivity index (χ0n) is 10.5. The molecule has 5 heteroatoms. The lowest BCUT2D eigenvalue weighted by molar-refractivity contribution is 0.625. The molecule has 1 aromatic heterocycles. The highest BCUT2D eigenvalue weighted by Gasteiger charge is 2.11. The Labute approximate surface area is 121 Å². The maximum absolute atomic E-state index is 13.1. The molecule has 0 saturated carbocycles. The number of benzene rings is 1. The summed E-state index contributed by atoms with van der Waals surface area (Å²) in [6.07, 6.45) is 2.08. The fraction of sp³-hybridized carbons (Fsp3) is 0.286. The van der Waals surface area contributed by atoms with E-state index in [-0.39, 0.29) is 5.82 Å². The molecule has 19 heavy (non-hydrogen) atoms. The second-order valence-electron chi connectivity index (χ2n) is 4.26. The van der Waals surface area contributed by atoms with Crippen molar-refractivity contribution in [1.82, 2.24) is 9.97 Å². The van der Waals surface area contributed by atoms with E-state index in [4.69, 9.17) is 23.2 Å². The van der Waals surface area contributed by atoms with E-state index in [0.717, 1.165) is 24.0 Å². The third-order valence-corrected chi connectivity index (χ3v) is 3.33. The van der Waals surface area contributed by atoms with Gasteiger partial charge in [-0.2, -0.15) is 0 Å². The van der Waals surface area contributed by atoms with Crippen LogP contribution in [0.15, 0.2) is 24.3 Å². The summed E-state index contributed by atoms with van der Waals surface area (Å²) in [7, 11) is 0. The molecule has 0 aliphatic rings. The molecule has 1 aromatic carbocycles. The monoisotopic (exact) mass is 298 g/mol. The largest absolute Gasteiger partial charge is 0.220 e. The molecule has 0 spiro atoms. The average Bonchev–Trinajstić information content (AvgIpc) is 2.34. The van der Waals surface area contributed by atoms with Crippen molar-refractivity contribution in [2.24, 2.45) is 0 Å². The quantitative estimate of drug-likeness (QED) is 0.779. The van der Waals surface area contributed by atoms with Gasteiger partial charge in [0.15, 0.2) is 0 Å². The van der Waals surface area contributed by atoms with Crippen molar-refractivity contribution < 1.29 is 4.39 Å². The van der Waals surface area contributed by atoms with E-state index in [2.05, 4.69) is 9.97 Å². The third kappa shape index (κ3) is 3.64. The SMILES string of the molecule is CCCc1c(Cl)nc(Cc2cccc(F)c2)nc1Cl. The molecule has 0 radical (unpaired) electrons. The summed E-state index contributed by atoms with van der Waals surface area (Å²) in [5.41, 5.74) is 1.56. The van der Waals surface area contributed by atoms with Gasteiger partial charge in [0.25, 0.3) is 0 Å².